The molecule has 0 spiro atoms. The smallest absolute Gasteiger partial charge is 0.337 e. The molecule has 0 aliphatic rings. The number of nitrogens with one attached hydrogen (secondary N) is 2. The molecule has 2 amide bonds. The highest BCUT2D eigenvalue weighted by atomic mass is 35.5. The van der Waals surface area contributed by atoms with Crippen molar-refractivity contribution in [2.45, 2.75) is 19.8 Å². The van der Waals surface area contributed by atoms with Crippen LogP contribution in [0.2, 0.25) is 5.02 Å². The van der Waals surface area contributed by atoms with E-state index in [2.05, 4.69) is 35.3 Å². The molecule has 0 saturated carbocycles. The summed E-state index contributed by atoms with van der Waals surface area (Å²) in [5, 5.41) is 5.60. The lowest BCUT2D eigenvalue weighted by Crippen LogP contribution is -2.32. The summed E-state index contributed by atoms with van der Waals surface area (Å²) in [4.78, 5) is 23.6. The summed E-state index contributed by atoms with van der Waals surface area (Å²) >= 11 is 6.05. The van der Waals surface area contributed by atoms with Crippen molar-refractivity contribution in [3.05, 3.63) is 58.6 Å². The number of anilines is 1. The van der Waals surface area contributed by atoms with Crippen molar-refractivity contribution >= 4 is 29.3 Å². The Morgan fingerprint density at radius 3 is 2.63 bits per heavy atom. The Kier molecular flexibility index (Phi) is 7.49. The van der Waals surface area contributed by atoms with Gasteiger partial charge in [-0.2, -0.15) is 0 Å². The molecule has 2 rings (SSSR count). The molecule has 27 heavy (non-hydrogen) atoms. The topological polar surface area (TPSA) is 76.7 Å². The number of amides is 2. The van der Waals surface area contributed by atoms with Gasteiger partial charge in [-0.1, -0.05) is 37.6 Å². The Bertz CT molecular complexity index is 808. The molecule has 2 N–H and O–H groups in total. The van der Waals surface area contributed by atoms with E-state index in [1.54, 1.807) is 0 Å². The fourth-order valence-corrected chi connectivity index (χ4v) is 2.49. The summed E-state index contributed by atoms with van der Waals surface area (Å²) in [7, 11) is 1.29. The first kappa shape index (κ1) is 20.6. The van der Waals surface area contributed by atoms with E-state index in [9.17, 15) is 9.59 Å². The zero-order chi connectivity index (χ0) is 19.8. The number of carbonyl (C=O) groups is 2. The number of hydrogen-bond donors (Lipinski definition) is 2. The van der Waals surface area contributed by atoms with E-state index in [1.807, 2.05) is 18.2 Å². The van der Waals surface area contributed by atoms with Crippen LogP contribution in [0, 0.1) is 0 Å². The van der Waals surface area contributed by atoms with Gasteiger partial charge in [-0.3, -0.25) is 0 Å². The third-order valence-electron chi connectivity index (χ3n) is 3.82. The Hall–Kier alpha value is -2.73. The molecule has 0 heterocycles. The predicted molar refractivity (Wildman–Crippen MR) is 106 cm³/mol. The largest absolute Gasteiger partial charge is 0.492 e. The summed E-state index contributed by atoms with van der Waals surface area (Å²) in [5.41, 5.74) is 1.81. The summed E-state index contributed by atoms with van der Waals surface area (Å²) in [5.74, 6) is 0.673. The molecule has 0 fully saturated rings. The number of ether oxygens (including phenoxy) is 2. The zero-order valence-electron chi connectivity index (χ0n) is 15.5. The Balaban J connectivity index is 1.83. The van der Waals surface area contributed by atoms with Gasteiger partial charge in [0.15, 0.2) is 0 Å². The number of urea groups is 1. The van der Waals surface area contributed by atoms with Crippen molar-refractivity contribution in [2.75, 3.05) is 25.6 Å². The van der Waals surface area contributed by atoms with Crippen molar-refractivity contribution in [1.82, 2.24) is 5.32 Å². The molecule has 0 aromatic heterocycles. The van der Waals surface area contributed by atoms with E-state index < -0.39 is 12.0 Å². The van der Waals surface area contributed by atoms with E-state index in [1.165, 1.54) is 30.9 Å². The summed E-state index contributed by atoms with van der Waals surface area (Å²) < 4.78 is 10.3. The first-order valence-corrected chi connectivity index (χ1v) is 8.94. The van der Waals surface area contributed by atoms with Crippen molar-refractivity contribution in [2.24, 2.45) is 0 Å². The molecule has 2 aromatic rings. The van der Waals surface area contributed by atoms with E-state index in [4.69, 9.17) is 16.3 Å². The second kappa shape index (κ2) is 9.83. The maximum absolute atomic E-state index is 12.0. The number of hydrogen-bond acceptors (Lipinski definition) is 4. The van der Waals surface area contributed by atoms with Gasteiger partial charge < -0.3 is 20.1 Å². The minimum atomic E-state index is -0.507. The van der Waals surface area contributed by atoms with Gasteiger partial charge >= 0.3 is 12.0 Å². The molecule has 7 heteroatoms. The first-order chi connectivity index (χ1) is 12.9. The van der Waals surface area contributed by atoms with E-state index in [0.717, 1.165) is 5.75 Å². The summed E-state index contributed by atoms with van der Waals surface area (Å²) in [6.45, 7) is 4.87. The Morgan fingerprint density at radius 1 is 1.15 bits per heavy atom. The highest BCUT2D eigenvalue weighted by Gasteiger charge is 2.11. The Morgan fingerprint density at radius 2 is 1.93 bits per heavy atom. The molecule has 0 aliphatic heterocycles. The lowest BCUT2D eigenvalue weighted by molar-refractivity contribution is 0.0600. The molecule has 0 radical (unpaired) electrons. The van der Waals surface area contributed by atoms with Gasteiger partial charge in [0.25, 0.3) is 0 Å². The molecular weight excluding hydrogens is 368 g/mol. The van der Waals surface area contributed by atoms with Crippen LogP contribution >= 0.6 is 11.6 Å². The quantitative estimate of drug-likeness (QED) is 0.541. The van der Waals surface area contributed by atoms with Gasteiger partial charge in [0.05, 0.1) is 29.9 Å². The highest BCUT2D eigenvalue weighted by molar-refractivity contribution is 6.33. The van der Waals surface area contributed by atoms with Gasteiger partial charge in [0.2, 0.25) is 0 Å². The maximum Gasteiger partial charge on any atom is 0.337 e. The van der Waals surface area contributed by atoms with E-state index in [0.29, 0.717) is 35.3 Å². The zero-order valence-corrected chi connectivity index (χ0v) is 16.3. The molecule has 0 aliphatic carbocycles. The maximum atomic E-state index is 12.0. The van der Waals surface area contributed by atoms with Gasteiger partial charge in [-0.25, -0.2) is 9.59 Å². The number of methoxy groups -OCH3 is 1. The fourth-order valence-electron chi connectivity index (χ4n) is 2.33. The highest BCUT2D eigenvalue weighted by Crippen LogP contribution is 2.23. The van der Waals surface area contributed by atoms with Crippen LogP contribution in [0.5, 0.6) is 5.75 Å². The lowest BCUT2D eigenvalue weighted by atomic mass is 10.0. The number of esters is 1. The Labute approximate surface area is 163 Å². The third-order valence-corrected chi connectivity index (χ3v) is 4.15. The first-order valence-electron chi connectivity index (χ1n) is 8.56. The van der Waals surface area contributed by atoms with Gasteiger partial charge in [-0.05, 0) is 41.8 Å². The van der Waals surface area contributed by atoms with Crippen LogP contribution in [0.3, 0.4) is 0 Å². The molecule has 6 nitrogen and oxygen atoms in total. The molecule has 0 saturated heterocycles. The standard InChI is InChI=1S/C20H23ClN2O4/c1-13(2)14-5-4-6-16(11-14)27-10-9-22-20(25)23-18-12-15(19(24)26-3)7-8-17(18)21/h4-8,11-13H,9-10H2,1-3H3,(H2,22,23,25). The minimum absolute atomic E-state index is 0.297. The predicted octanol–water partition coefficient (Wildman–Crippen LogP) is 4.45. The SMILES string of the molecule is COC(=O)c1ccc(Cl)c(NC(=O)NCCOc2cccc(C(C)C)c2)c1. The van der Waals surface area contributed by atoms with Crippen molar-refractivity contribution in [3.8, 4) is 5.75 Å². The third kappa shape index (κ3) is 6.18. The normalized spacial score (nSPS) is 10.4. The average Bonchev–Trinajstić information content (AvgIpc) is 2.66. The van der Waals surface area contributed by atoms with Crippen LogP contribution in [-0.4, -0.2) is 32.3 Å². The van der Waals surface area contributed by atoms with E-state index >= 15 is 0 Å². The van der Waals surface area contributed by atoms with Crippen molar-refractivity contribution in [3.63, 3.8) is 0 Å². The second-order valence-corrected chi connectivity index (χ2v) is 6.55. The van der Waals surface area contributed by atoms with Gasteiger partial charge in [-0.15, -0.1) is 0 Å². The number of halogens is 1. The summed E-state index contributed by atoms with van der Waals surface area (Å²) in [6.07, 6.45) is 0. The van der Waals surface area contributed by atoms with Crippen LogP contribution < -0.4 is 15.4 Å². The summed E-state index contributed by atoms with van der Waals surface area (Å²) in [6, 6.07) is 11.9. The van der Waals surface area contributed by atoms with Crippen molar-refractivity contribution < 1.29 is 19.1 Å². The average molecular weight is 391 g/mol. The molecule has 0 atom stereocenters. The molecular formula is C20H23ClN2O4. The number of carbonyl (C=O) groups excluding carboxylic acids is 2. The van der Waals surface area contributed by atoms with Crippen LogP contribution in [0.15, 0.2) is 42.5 Å². The molecule has 2 aromatic carbocycles. The second-order valence-electron chi connectivity index (χ2n) is 6.14. The lowest BCUT2D eigenvalue weighted by Gasteiger charge is -2.12. The fraction of sp³-hybridized carbons (Fsp3) is 0.300. The monoisotopic (exact) mass is 390 g/mol. The van der Waals surface area contributed by atoms with Crippen LogP contribution in [0.1, 0.15) is 35.7 Å². The minimum Gasteiger partial charge on any atom is -0.492 e. The molecule has 0 bridgehead atoms. The number of rotatable bonds is 7. The van der Waals surface area contributed by atoms with Crippen molar-refractivity contribution in [1.29, 1.82) is 0 Å². The van der Waals surface area contributed by atoms with Crippen LogP contribution in [0.25, 0.3) is 0 Å². The van der Waals surface area contributed by atoms with Gasteiger partial charge in [0.1, 0.15) is 12.4 Å². The van der Waals surface area contributed by atoms with Crippen LogP contribution in [-0.2, 0) is 4.74 Å². The number of benzene rings is 2. The van der Waals surface area contributed by atoms with E-state index in [-0.39, 0.29) is 0 Å². The molecule has 144 valence electrons. The van der Waals surface area contributed by atoms with Crippen LogP contribution in [0.4, 0.5) is 10.5 Å². The molecule has 0 unspecified atom stereocenters. The van der Waals surface area contributed by atoms with Gasteiger partial charge in [0, 0.05) is 0 Å².